The van der Waals surface area contributed by atoms with E-state index in [2.05, 4.69) is 15.0 Å². The van der Waals surface area contributed by atoms with Crippen molar-refractivity contribution in [3.63, 3.8) is 0 Å². The summed E-state index contributed by atoms with van der Waals surface area (Å²) in [7, 11) is 0. The third kappa shape index (κ3) is 5.61. The second-order valence-corrected chi connectivity index (χ2v) is 6.13. The van der Waals surface area contributed by atoms with Gasteiger partial charge in [-0.05, 0) is 53.6 Å². The number of nitrogens with one attached hydrogen (secondary N) is 1. The summed E-state index contributed by atoms with van der Waals surface area (Å²) < 4.78 is 40.8. The SMILES string of the molecule is Nc1cc(C(=O)O)cc(-c2ccc(NCc3cccc(OC(F)(F)F)c3)nc2)c1. The summed E-state index contributed by atoms with van der Waals surface area (Å²) in [6, 6.07) is 13.5. The van der Waals surface area contributed by atoms with Gasteiger partial charge in [-0.1, -0.05) is 12.1 Å². The maximum Gasteiger partial charge on any atom is 0.573 e. The van der Waals surface area contributed by atoms with Crippen molar-refractivity contribution in [2.45, 2.75) is 12.9 Å². The van der Waals surface area contributed by atoms with Crippen LogP contribution in [0, 0.1) is 0 Å². The molecule has 0 atom stereocenters. The molecule has 6 nitrogen and oxygen atoms in total. The number of nitrogens with zero attached hydrogens (tertiary/aromatic N) is 1. The number of alkyl halides is 3. The van der Waals surface area contributed by atoms with Crippen molar-refractivity contribution >= 4 is 17.5 Å². The molecule has 0 bridgehead atoms. The summed E-state index contributed by atoms with van der Waals surface area (Å²) in [5.41, 5.74) is 8.01. The van der Waals surface area contributed by atoms with E-state index in [1.54, 1.807) is 30.5 Å². The van der Waals surface area contributed by atoms with Crippen molar-refractivity contribution in [1.29, 1.82) is 0 Å². The summed E-state index contributed by atoms with van der Waals surface area (Å²) in [5.74, 6) is -0.879. The van der Waals surface area contributed by atoms with Gasteiger partial charge in [0.2, 0.25) is 0 Å². The van der Waals surface area contributed by atoms with Crippen LogP contribution in [0.4, 0.5) is 24.7 Å². The minimum Gasteiger partial charge on any atom is -0.478 e. The van der Waals surface area contributed by atoms with Crippen LogP contribution in [0.5, 0.6) is 5.75 Å². The van der Waals surface area contributed by atoms with Gasteiger partial charge in [-0.2, -0.15) is 0 Å². The zero-order valence-corrected chi connectivity index (χ0v) is 14.9. The van der Waals surface area contributed by atoms with Crippen LogP contribution in [-0.4, -0.2) is 22.4 Å². The standard InChI is InChI=1S/C20H16F3N3O3/c21-20(22,23)29-17-3-1-2-12(6-17)10-25-18-5-4-13(11-26-18)14-7-15(19(27)28)9-16(24)8-14/h1-9,11H,10,24H2,(H,25,26)(H,27,28). The highest BCUT2D eigenvalue weighted by atomic mass is 19.4. The zero-order chi connectivity index (χ0) is 21.0. The van der Waals surface area contributed by atoms with Gasteiger partial charge in [-0.3, -0.25) is 0 Å². The highest BCUT2D eigenvalue weighted by molar-refractivity contribution is 5.91. The minimum atomic E-state index is -4.75. The smallest absolute Gasteiger partial charge is 0.478 e. The Kier molecular flexibility index (Phi) is 5.58. The van der Waals surface area contributed by atoms with Crippen molar-refractivity contribution in [2.24, 2.45) is 0 Å². The van der Waals surface area contributed by atoms with Gasteiger partial charge in [0, 0.05) is 24.0 Å². The minimum absolute atomic E-state index is 0.0724. The molecule has 1 heterocycles. The lowest BCUT2D eigenvalue weighted by molar-refractivity contribution is -0.274. The number of pyridine rings is 1. The van der Waals surface area contributed by atoms with E-state index in [0.29, 0.717) is 28.2 Å². The molecule has 150 valence electrons. The molecule has 0 aliphatic rings. The first-order valence-electron chi connectivity index (χ1n) is 8.38. The lowest BCUT2D eigenvalue weighted by Gasteiger charge is -2.11. The number of carbonyl (C=O) groups is 1. The number of rotatable bonds is 6. The molecule has 3 rings (SSSR count). The molecular formula is C20H16F3N3O3. The van der Waals surface area contributed by atoms with Crippen molar-refractivity contribution in [3.05, 3.63) is 71.9 Å². The van der Waals surface area contributed by atoms with E-state index < -0.39 is 12.3 Å². The van der Waals surface area contributed by atoms with Crippen LogP contribution in [0.2, 0.25) is 0 Å². The largest absolute Gasteiger partial charge is 0.573 e. The van der Waals surface area contributed by atoms with Crippen LogP contribution in [-0.2, 0) is 6.54 Å². The normalized spacial score (nSPS) is 11.1. The molecule has 0 radical (unpaired) electrons. The third-order valence-corrected chi connectivity index (χ3v) is 3.90. The molecule has 29 heavy (non-hydrogen) atoms. The number of benzene rings is 2. The predicted molar refractivity (Wildman–Crippen MR) is 101 cm³/mol. The lowest BCUT2D eigenvalue weighted by Crippen LogP contribution is -2.17. The third-order valence-electron chi connectivity index (χ3n) is 3.90. The lowest BCUT2D eigenvalue weighted by atomic mass is 10.0. The molecule has 4 N–H and O–H groups in total. The molecule has 0 spiro atoms. The van der Waals surface area contributed by atoms with Gasteiger partial charge in [-0.15, -0.1) is 13.2 Å². The van der Waals surface area contributed by atoms with Gasteiger partial charge >= 0.3 is 12.3 Å². The molecule has 3 aromatic rings. The molecular weight excluding hydrogens is 387 g/mol. The number of nitrogens with two attached hydrogens (primary N) is 1. The highest BCUT2D eigenvalue weighted by Gasteiger charge is 2.31. The van der Waals surface area contributed by atoms with Crippen LogP contribution >= 0.6 is 0 Å². The first kappa shape index (κ1) is 20.0. The Hall–Kier alpha value is -3.75. The fraction of sp³-hybridized carbons (Fsp3) is 0.100. The summed E-state index contributed by atoms with van der Waals surface area (Å²) >= 11 is 0. The number of aromatic nitrogens is 1. The van der Waals surface area contributed by atoms with Crippen molar-refractivity contribution in [3.8, 4) is 16.9 Å². The van der Waals surface area contributed by atoms with Crippen molar-refractivity contribution in [1.82, 2.24) is 4.98 Å². The van der Waals surface area contributed by atoms with Crippen LogP contribution in [0.25, 0.3) is 11.1 Å². The molecule has 0 saturated carbocycles. The first-order chi connectivity index (χ1) is 13.7. The molecule has 0 fully saturated rings. The van der Waals surface area contributed by atoms with Crippen LogP contribution < -0.4 is 15.8 Å². The number of nitrogen functional groups attached to an aromatic ring is 1. The Morgan fingerprint density at radius 2 is 1.90 bits per heavy atom. The van der Waals surface area contributed by atoms with Gasteiger partial charge in [0.15, 0.2) is 0 Å². The van der Waals surface area contributed by atoms with Gasteiger partial charge in [0.05, 0.1) is 5.56 Å². The number of halogens is 3. The number of carboxylic acids is 1. The molecule has 0 aliphatic heterocycles. The molecule has 0 aliphatic carbocycles. The van der Waals surface area contributed by atoms with Crippen molar-refractivity contribution < 1.29 is 27.8 Å². The Labute approximate surface area is 163 Å². The monoisotopic (exact) mass is 403 g/mol. The average molecular weight is 403 g/mol. The van der Waals surface area contributed by atoms with E-state index in [0.717, 1.165) is 0 Å². The van der Waals surface area contributed by atoms with Gasteiger partial charge in [0.1, 0.15) is 11.6 Å². The summed E-state index contributed by atoms with van der Waals surface area (Å²) in [6.07, 6.45) is -3.20. The van der Waals surface area contributed by atoms with Gasteiger partial charge < -0.3 is 20.9 Å². The van der Waals surface area contributed by atoms with Gasteiger partial charge in [0.25, 0.3) is 0 Å². The Balaban J connectivity index is 1.69. The number of aromatic carboxylic acids is 1. The van der Waals surface area contributed by atoms with E-state index in [1.807, 2.05) is 0 Å². The highest BCUT2D eigenvalue weighted by Crippen LogP contribution is 2.25. The fourth-order valence-electron chi connectivity index (χ4n) is 2.66. The number of anilines is 2. The van der Waals surface area contributed by atoms with E-state index >= 15 is 0 Å². The van der Waals surface area contributed by atoms with Crippen LogP contribution in [0.3, 0.4) is 0 Å². The summed E-state index contributed by atoms with van der Waals surface area (Å²) in [4.78, 5) is 15.4. The van der Waals surface area contributed by atoms with E-state index in [-0.39, 0.29) is 17.9 Å². The summed E-state index contributed by atoms with van der Waals surface area (Å²) in [6.45, 7) is 0.239. The summed E-state index contributed by atoms with van der Waals surface area (Å²) in [5, 5.41) is 12.1. The predicted octanol–water partition coefficient (Wildman–Crippen LogP) is 4.54. The van der Waals surface area contributed by atoms with Crippen LogP contribution in [0.1, 0.15) is 15.9 Å². The van der Waals surface area contributed by atoms with Crippen molar-refractivity contribution in [2.75, 3.05) is 11.1 Å². The van der Waals surface area contributed by atoms with E-state index in [4.69, 9.17) is 10.8 Å². The zero-order valence-electron chi connectivity index (χ0n) is 14.9. The first-order valence-corrected chi connectivity index (χ1v) is 8.38. The van der Waals surface area contributed by atoms with Crippen LogP contribution in [0.15, 0.2) is 60.8 Å². The number of ether oxygens (including phenoxy) is 1. The fourth-order valence-corrected chi connectivity index (χ4v) is 2.66. The second kappa shape index (κ2) is 8.09. The molecule has 0 amide bonds. The molecule has 9 heteroatoms. The number of hydrogen-bond donors (Lipinski definition) is 3. The molecule has 1 aromatic heterocycles. The molecule has 0 saturated heterocycles. The maximum absolute atomic E-state index is 12.3. The maximum atomic E-state index is 12.3. The molecule has 0 unspecified atom stereocenters. The average Bonchev–Trinajstić information content (AvgIpc) is 2.65. The molecule has 2 aromatic carbocycles. The number of hydrogen-bond acceptors (Lipinski definition) is 5. The Morgan fingerprint density at radius 1 is 1.10 bits per heavy atom. The number of carboxylic acid groups (broad SMARTS) is 1. The second-order valence-electron chi connectivity index (χ2n) is 6.13. The Bertz CT molecular complexity index is 1020. The van der Waals surface area contributed by atoms with E-state index in [1.165, 1.54) is 30.3 Å². The quantitative estimate of drug-likeness (QED) is 0.523. The van der Waals surface area contributed by atoms with Gasteiger partial charge in [-0.25, -0.2) is 9.78 Å². The topological polar surface area (TPSA) is 97.5 Å². The Morgan fingerprint density at radius 3 is 2.55 bits per heavy atom. The van der Waals surface area contributed by atoms with E-state index in [9.17, 15) is 18.0 Å².